The van der Waals surface area contributed by atoms with Gasteiger partial charge in [-0.3, -0.25) is 0 Å². The Balaban J connectivity index is 1.29. The van der Waals surface area contributed by atoms with Crippen LogP contribution in [0.3, 0.4) is 0 Å². The van der Waals surface area contributed by atoms with Crippen molar-refractivity contribution in [1.82, 2.24) is 20.2 Å². The van der Waals surface area contributed by atoms with Crippen molar-refractivity contribution < 1.29 is 8.42 Å². The standard InChI is InChI=1S/C23H27ClN6O2S/c24-21-3-1-2-4-22(21)33(31,32)15-20-12-11-19(29-30-20)8-5-16-13-26-23(27-14-16)28-18-9-6-17(25)7-10-18/h1-4,11-14,17-18H,5-10,15,25H2,(H,26,27,28). The van der Waals surface area contributed by atoms with E-state index in [4.69, 9.17) is 17.3 Å². The van der Waals surface area contributed by atoms with Gasteiger partial charge >= 0.3 is 0 Å². The largest absolute Gasteiger partial charge is 0.351 e. The Bertz CT molecular complexity index is 1160. The molecule has 0 aliphatic heterocycles. The van der Waals surface area contributed by atoms with Gasteiger partial charge in [0, 0.05) is 24.5 Å². The van der Waals surface area contributed by atoms with E-state index in [1.54, 1.807) is 30.3 Å². The van der Waals surface area contributed by atoms with Crippen molar-refractivity contribution in [3.8, 4) is 0 Å². The van der Waals surface area contributed by atoms with Crippen LogP contribution in [0, 0.1) is 0 Å². The van der Waals surface area contributed by atoms with Gasteiger partial charge in [0.2, 0.25) is 5.95 Å². The van der Waals surface area contributed by atoms with Crippen LogP contribution in [0.25, 0.3) is 0 Å². The molecule has 3 N–H and O–H groups in total. The zero-order valence-electron chi connectivity index (χ0n) is 18.2. The van der Waals surface area contributed by atoms with E-state index in [1.807, 2.05) is 12.4 Å². The second-order valence-electron chi connectivity index (χ2n) is 8.38. The molecule has 0 spiro atoms. The monoisotopic (exact) mass is 486 g/mol. The fraction of sp³-hybridized carbons (Fsp3) is 0.391. The van der Waals surface area contributed by atoms with Gasteiger partial charge in [-0.2, -0.15) is 10.2 Å². The lowest BCUT2D eigenvalue weighted by molar-refractivity contribution is 0.410. The molecule has 1 aliphatic carbocycles. The number of halogens is 1. The van der Waals surface area contributed by atoms with Crippen LogP contribution in [0.1, 0.15) is 42.6 Å². The van der Waals surface area contributed by atoms with Gasteiger partial charge in [-0.05, 0) is 68.4 Å². The molecule has 10 heteroatoms. The highest BCUT2D eigenvalue weighted by atomic mass is 35.5. The van der Waals surface area contributed by atoms with Gasteiger partial charge in [0.05, 0.1) is 27.1 Å². The fourth-order valence-electron chi connectivity index (χ4n) is 3.84. The Labute approximate surface area is 198 Å². The van der Waals surface area contributed by atoms with Crippen molar-refractivity contribution >= 4 is 27.4 Å². The summed E-state index contributed by atoms with van der Waals surface area (Å²) in [6, 6.07) is 10.6. The van der Waals surface area contributed by atoms with Crippen LogP contribution in [-0.4, -0.2) is 40.7 Å². The zero-order chi connectivity index (χ0) is 23.3. The number of sulfone groups is 1. The van der Waals surface area contributed by atoms with Crippen molar-refractivity contribution in [2.75, 3.05) is 5.32 Å². The van der Waals surface area contributed by atoms with Crippen LogP contribution in [0.4, 0.5) is 5.95 Å². The minimum absolute atomic E-state index is 0.0996. The third-order valence-electron chi connectivity index (χ3n) is 5.76. The minimum Gasteiger partial charge on any atom is -0.351 e. The third-order valence-corrected chi connectivity index (χ3v) is 7.91. The highest BCUT2D eigenvalue weighted by Crippen LogP contribution is 2.24. The van der Waals surface area contributed by atoms with Crippen LogP contribution in [0.15, 0.2) is 53.7 Å². The lowest BCUT2D eigenvalue weighted by atomic mass is 9.92. The maximum absolute atomic E-state index is 12.6. The number of benzene rings is 1. The minimum atomic E-state index is -3.59. The Morgan fingerprint density at radius 2 is 1.61 bits per heavy atom. The molecule has 4 rings (SSSR count). The van der Waals surface area contributed by atoms with Gasteiger partial charge < -0.3 is 11.1 Å². The SMILES string of the molecule is NC1CCC(Nc2ncc(CCc3ccc(CS(=O)(=O)c4ccccc4Cl)nn3)cn2)CC1. The zero-order valence-corrected chi connectivity index (χ0v) is 19.8. The Hall–Kier alpha value is -2.62. The van der Waals surface area contributed by atoms with Gasteiger partial charge in [-0.25, -0.2) is 18.4 Å². The van der Waals surface area contributed by atoms with Crippen LogP contribution < -0.4 is 11.1 Å². The van der Waals surface area contributed by atoms with Crippen molar-refractivity contribution in [1.29, 1.82) is 0 Å². The Morgan fingerprint density at radius 3 is 2.27 bits per heavy atom. The number of hydrogen-bond acceptors (Lipinski definition) is 8. The normalized spacial score (nSPS) is 18.7. The van der Waals surface area contributed by atoms with Crippen molar-refractivity contribution in [3.63, 3.8) is 0 Å². The predicted molar refractivity (Wildman–Crippen MR) is 128 cm³/mol. The van der Waals surface area contributed by atoms with Crippen molar-refractivity contribution in [2.24, 2.45) is 5.73 Å². The maximum Gasteiger partial charge on any atom is 0.222 e. The molecule has 33 heavy (non-hydrogen) atoms. The molecule has 1 fully saturated rings. The first-order valence-corrected chi connectivity index (χ1v) is 13.0. The molecule has 174 valence electrons. The second-order valence-corrected chi connectivity index (χ2v) is 10.7. The molecule has 2 heterocycles. The molecule has 0 radical (unpaired) electrons. The summed E-state index contributed by atoms with van der Waals surface area (Å²) < 4.78 is 25.2. The lowest BCUT2D eigenvalue weighted by Crippen LogP contribution is -2.33. The van der Waals surface area contributed by atoms with E-state index in [0.717, 1.165) is 36.9 Å². The molecule has 1 aliphatic rings. The number of hydrogen-bond donors (Lipinski definition) is 2. The van der Waals surface area contributed by atoms with Crippen LogP contribution in [0.5, 0.6) is 0 Å². The number of aryl methyl sites for hydroxylation is 2. The number of nitrogens with two attached hydrogens (primary N) is 1. The van der Waals surface area contributed by atoms with Crippen LogP contribution in [-0.2, 0) is 28.4 Å². The van der Waals surface area contributed by atoms with E-state index in [2.05, 4.69) is 25.5 Å². The number of nitrogens with one attached hydrogen (secondary N) is 1. The number of aromatic nitrogens is 4. The molecular formula is C23H27ClN6O2S. The Kier molecular flexibility index (Phi) is 7.52. The van der Waals surface area contributed by atoms with Gasteiger partial charge in [-0.15, -0.1) is 0 Å². The van der Waals surface area contributed by atoms with Gasteiger partial charge in [0.15, 0.2) is 9.84 Å². The van der Waals surface area contributed by atoms with Gasteiger partial charge in [0.25, 0.3) is 0 Å². The van der Waals surface area contributed by atoms with E-state index < -0.39 is 9.84 Å². The molecule has 0 unspecified atom stereocenters. The van der Waals surface area contributed by atoms with E-state index in [9.17, 15) is 8.42 Å². The number of nitrogens with zero attached hydrogens (tertiary/aromatic N) is 4. The summed E-state index contributed by atoms with van der Waals surface area (Å²) in [6.07, 6.45) is 9.15. The average Bonchev–Trinajstić information content (AvgIpc) is 2.81. The van der Waals surface area contributed by atoms with Crippen molar-refractivity contribution in [2.45, 2.75) is 61.3 Å². The molecule has 8 nitrogen and oxygen atoms in total. The molecule has 0 amide bonds. The second kappa shape index (κ2) is 10.5. The summed E-state index contributed by atoms with van der Waals surface area (Å²) in [6.45, 7) is 0. The molecule has 2 aromatic heterocycles. The molecular weight excluding hydrogens is 460 g/mol. The van der Waals surface area contributed by atoms with Crippen molar-refractivity contribution in [3.05, 3.63) is 70.8 Å². The quantitative estimate of drug-likeness (QED) is 0.496. The molecule has 1 saturated carbocycles. The molecule has 3 aromatic rings. The predicted octanol–water partition coefficient (Wildman–Crippen LogP) is 3.36. The van der Waals surface area contributed by atoms with E-state index in [1.165, 1.54) is 6.07 Å². The lowest BCUT2D eigenvalue weighted by Gasteiger charge is -2.26. The summed E-state index contributed by atoms with van der Waals surface area (Å²) in [7, 11) is -3.59. The summed E-state index contributed by atoms with van der Waals surface area (Å²) in [5, 5.41) is 11.9. The first kappa shape index (κ1) is 23.5. The average molecular weight is 487 g/mol. The Morgan fingerprint density at radius 1 is 0.939 bits per heavy atom. The van der Waals surface area contributed by atoms with Crippen LogP contribution >= 0.6 is 11.6 Å². The summed E-state index contributed by atoms with van der Waals surface area (Å²) in [4.78, 5) is 8.95. The van der Waals surface area contributed by atoms with Gasteiger partial charge in [0.1, 0.15) is 0 Å². The highest BCUT2D eigenvalue weighted by molar-refractivity contribution is 7.90. The molecule has 0 bridgehead atoms. The smallest absolute Gasteiger partial charge is 0.222 e. The molecule has 0 atom stereocenters. The third kappa shape index (κ3) is 6.46. The van der Waals surface area contributed by atoms with E-state index >= 15 is 0 Å². The van der Waals surface area contributed by atoms with Crippen LogP contribution in [0.2, 0.25) is 5.02 Å². The first-order valence-electron chi connectivity index (χ1n) is 11.0. The van der Waals surface area contributed by atoms with E-state index in [-0.39, 0.29) is 15.7 Å². The van der Waals surface area contributed by atoms with Gasteiger partial charge in [-0.1, -0.05) is 23.7 Å². The summed E-state index contributed by atoms with van der Waals surface area (Å²) >= 11 is 6.03. The summed E-state index contributed by atoms with van der Waals surface area (Å²) in [5.74, 6) is 0.391. The topological polar surface area (TPSA) is 124 Å². The van der Waals surface area contributed by atoms with E-state index in [0.29, 0.717) is 36.6 Å². The molecule has 1 aromatic carbocycles. The molecule has 0 saturated heterocycles. The maximum atomic E-state index is 12.6. The fourth-order valence-corrected chi connectivity index (χ4v) is 5.68. The highest BCUT2D eigenvalue weighted by Gasteiger charge is 2.20. The first-order chi connectivity index (χ1) is 15.9. The number of rotatable bonds is 8. The summed E-state index contributed by atoms with van der Waals surface area (Å²) in [5.41, 5.74) is 8.10. The number of anilines is 1.